The van der Waals surface area contributed by atoms with Crippen molar-refractivity contribution in [3.05, 3.63) is 29.8 Å². The Bertz CT molecular complexity index is 556. The standard InChI is InChI=1S/C17H22N2O3/c1-12(15(20)13-5-7-14(22-2)8-6-13)19-16(21)17(11-18)9-3-4-10-17/h5-8,12,15,20H,3-4,9-10H2,1-2H3,(H,19,21). The number of hydrogen-bond acceptors (Lipinski definition) is 4. The predicted octanol–water partition coefficient (Wildman–Crippen LogP) is 2.32. The van der Waals surface area contributed by atoms with Gasteiger partial charge in [-0.3, -0.25) is 4.79 Å². The van der Waals surface area contributed by atoms with E-state index in [2.05, 4.69) is 11.4 Å². The fraction of sp³-hybridized carbons (Fsp3) is 0.529. The maximum absolute atomic E-state index is 12.4. The quantitative estimate of drug-likeness (QED) is 0.874. The fourth-order valence-corrected chi connectivity index (χ4v) is 2.88. The molecule has 5 heteroatoms. The number of amides is 1. The van der Waals surface area contributed by atoms with Crippen LogP contribution in [0.1, 0.15) is 44.3 Å². The highest BCUT2D eigenvalue weighted by Gasteiger charge is 2.42. The van der Waals surface area contributed by atoms with Crippen LogP contribution in [0.5, 0.6) is 5.75 Å². The van der Waals surface area contributed by atoms with Gasteiger partial charge in [0.05, 0.1) is 25.3 Å². The summed E-state index contributed by atoms with van der Waals surface area (Å²) in [6.45, 7) is 1.74. The van der Waals surface area contributed by atoms with Gasteiger partial charge in [0.25, 0.3) is 0 Å². The topological polar surface area (TPSA) is 82.3 Å². The number of nitriles is 1. The molecule has 2 unspecified atom stereocenters. The number of carbonyl (C=O) groups excluding carboxylic acids is 1. The van der Waals surface area contributed by atoms with Crippen LogP contribution in [0.3, 0.4) is 0 Å². The molecule has 1 saturated carbocycles. The van der Waals surface area contributed by atoms with Gasteiger partial charge >= 0.3 is 0 Å². The van der Waals surface area contributed by atoms with Crippen molar-refractivity contribution in [2.75, 3.05) is 7.11 Å². The lowest BCUT2D eigenvalue weighted by atomic mass is 9.86. The number of nitrogens with one attached hydrogen (secondary N) is 1. The minimum Gasteiger partial charge on any atom is -0.497 e. The summed E-state index contributed by atoms with van der Waals surface area (Å²) in [6, 6.07) is 8.76. The fourth-order valence-electron chi connectivity index (χ4n) is 2.88. The van der Waals surface area contributed by atoms with Gasteiger partial charge < -0.3 is 15.2 Å². The number of rotatable bonds is 5. The number of hydrogen-bond donors (Lipinski definition) is 2. The number of nitrogens with zero attached hydrogens (tertiary/aromatic N) is 1. The predicted molar refractivity (Wildman–Crippen MR) is 82.1 cm³/mol. The molecular weight excluding hydrogens is 280 g/mol. The van der Waals surface area contributed by atoms with Gasteiger partial charge in [0.15, 0.2) is 0 Å². The SMILES string of the molecule is COc1ccc(C(O)C(C)NC(=O)C2(C#N)CCCC2)cc1. The van der Waals surface area contributed by atoms with Gasteiger partial charge in [-0.15, -0.1) is 0 Å². The Kier molecular flexibility index (Phi) is 5.04. The highest BCUT2D eigenvalue weighted by Crippen LogP contribution is 2.38. The molecule has 0 heterocycles. The van der Waals surface area contributed by atoms with E-state index >= 15 is 0 Å². The van der Waals surface area contributed by atoms with Gasteiger partial charge in [0.1, 0.15) is 11.2 Å². The number of carbonyl (C=O) groups is 1. The second-order valence-corrected chi connectivity index (χ2v) is 5.88. The molecule has 0 saturated heterocycles. The van der Waals surface area contributed by atoms with Gasteiger partial charge in [0.2, 0.25) is 5.91 Å². The molecule has 2 rings (SSSR count). The Morgan fingerprint density at radius 2 is 1.95 bits per heavy atom. The van der Waals surface area contributed by atoms with Crippen LogP contribution >= 0.6 is 0 Å². The van der Waals surface area contributed by atoms with Crippen molar-refractivity contribution in [1.82, 2.24) is 5.32 Å². The van der Waals surface area contributed by atoms with E-state index in [0.717, 1.165) is 12.8 Å². The zero-order valence-electron chi connectivity index (χ0n) is 13.0. The zero-order valence-corrected chi connectivity index (χ0v) is 13.0. The first kappa shape index (κ1) is 16.3. The molecule has 118 valence electrons. The second-order valence-electron chi connectivity index (χ2n) is 5.88. The van der Waals surface area contributed by atoms with Gasteiger partial charge in [-0.05, 0) is 37.5 Å². The van der Waals surface area contributed by atoms with Crippen molar-refractivity contribution in [3.8, 4) is 11.8 Å². The van der Waals surface area contributed by atoms with Crippen LogP contribution in [0, 0.1) is 16.7 Å². The molecule has 1 aliphatic rings. The Balaban J connectivity index is 2.02. The number of ether oxygens (including phenoxy) is 1. The van der Waals surface area contributed by atoms with Crippen LogP contribution in [0.25, 0.3) is 0 Å². The van der Waals surface area contributed by atoms with E-state index in [1.165, 1.54) is 0 Å². The van der Waals surface area contributed by atoms with Gasteiger partial charge in [-0.2, -0.15) is 5.26 Å². The highest BCUT2D eigenvalue weighted by atomic mass is 16.5. The average Bonchev–Trinajstić information content (AvgIpc) is 3.04. The van der Waals surface area contributed by atoms with E-state index in [-0.39, 0.29) is 5.91 Å². The van der Waals surface area contributed by atoms with Crippen molar-refractivity contribution in [3.63, 3.8) is 0 Å². The molecule has 1 aliphatic carbocycles. The lowest BCUT2D eigenvalue weighted by Gasteiger charge is -2.26. The van der Waals surface area contributed by atoms with Crippen LogP contribution in [0.2, 0.25) is 0 Å². The molecule has 0 aromatic heterocycles. The largest absolute Gasteiger partial charge is 0.497 e. The van der Waals surface area contributed by atoms with Crippen LogP contribution in [0.4, 0.5) is 0 Å². The van der Waals surface area contributed by atoms with E-state index in [1.54, 1.807) is 38.3 Å². The molecule has 0 bridgehead atoms. The Morgan fingerprint density at radius 3 is 2.45 bits per heavy atom. The van der Waals surface area contributed by atoms with Gasteiger partial charge in [0, 0.05) is 0 Å². The minimum absolute atomic E-state index is 0.271. The Labute approximate surface area is 130 Å². The van der Waals surface area contributed by atoms with E-state index in [9.17, 15) is 15.2 Å². The molecule has 1 fully saturated rings. The first-order valence-corrected chi connectivity index (χ1v) is 7.56. The molecule has 5 nitrogen and oxygen atoms in total. The molecule has 2 atom stereocenters. The van der Waals surface area contributed by atoms with E-state index in [4.69, 9.17) is 4.74 Å². The number of methoxy groups -OCH3 is 1. The summed E-state index contributed by atoms with van der Waals surface area (Å²) >= 11 is 0. The number of aliphatic hydroxyl groups is 1. The first-order chi connectivity index (χ1) is 10.5. The van der Waals surface area contributed by atoms with E-state index < -0.39 is 17.6 Å². The van der Waals surface area contributed by atoms with Gasteiger partial charge in [-0.1, -0.05) is 25.0 Å². The lowest BCUT2D eigenvalue weighted by Crippen LogP contribution is -2.45. The molecule has 1 amide bonds. The highest BCUT2D eigenvalue weighted by molar-refractivity contribution is 5.86. The minimum atomic E-state index is -0.923. The molecule has 1 aromatic rings. The summed E-state index contributed by atoms with van der Waals surface area (Å²) < 4.78 is 5.08. The normalized spacial score (nSPS) is 19.0. The van der Waals surface area contributed by atoms with Crippen molar-refractivity contribution in [2.45, 2.75) is 44.8 Å². The average molecular weight is 302 g/mol. The summed E-state index contributed by atoms with van der Waals surface area (Å²) in [6.07, 6.45) is 2.17. The van der Waals surface area contributed by atoms with Gasteiger partial charge in [-0.25, -0.2) is 0 Å². The second kappa shape index (κ2) is 6.80. The van der Waals surface area contributed by atoms with Crippen molar-refractivity contribution < 1.29 is 14.6 Å². The molecular formula is C17H22N2O3. The van der Waals surface area contributed by atoms with Crippen LogP contribution in [0.15, 0.2) is 24.3 Å². The van der Waals surface area contributed by atoms with Crippen LogP contribution < -0.4 is 10.1 Å². The monoisotopic (exact) mass is 302 g/mol. The van der Waals surface area contributed by atoms with Crippen molar-refractivity contribution >= 4 is 5.91 Å². The number of benzene rings is 1. The summed E-state index contributed by atoms with van der Waals surface area (Å²) in [5.41, 5.74) is -0.223. The van der Waals surface area contributed by atoms with E-state index in [1.807, 2.05) is 0 Å². The number of aliphatic hydroxyl groups excluding tert-OH is 1. The Hall–Kier alpha value is -2.06. The van der Waals surface area contributed by atoms with E-state index in [0.29, 0.717) is 24.2 Å². The summed E-state index contributed by atoms with van der Waals surface area (Å²) in [5, 5.41) is 22.5. The Morgan fingerprint density at radius 1 is 1.36 bits per heavy atom. The third-order valence-electron chi connectivity index (χ3n) is 4.40. The molecule has 2 N–H and O–H groups in total. The smallest absolute Gasteiger partial charge is 0.240 e. The summed E-state index contributed by atoms with van der Waals surface area (Å²) in [4.78, 5) is 12.4. The van der Waals surface area contributed by atoms with Crippen LogP contribution in [-0.2, 0) is 4.79 Å². The van der Waals surface area contributed by atoms with Crippen molar-refractivity contribution in [2.24, 2.45) is 5.41 Å². The third kappa shape index (κ3) is 3.23. The maximum Gasteiger partial charge on any atom is 0.240 e. The summed E-state index contributed by atoms with van der Waals surface area (Å²) in [7, 11) is 1.58. The molecule has 22 heavy (non-hydrogen) atoms. The first-order valence-electron chi connectivity index (χ1n) is 7.56. The molecule has 1 aromatic carbocycles. The molecule has 0 aliphatic heterocycles. The molecule has 0 radical (unpaired) electrons. The molecule has 0 spiro atoms. The van der Waals surface area contributed by atoms with Crippen molar-refractivity contribution in [1.29, 1.82) is 5.26 Å². The zero-order chi connectivity index (χ0) is 16.2. The van der Waals surface area contributed by atoms with Crippen LogP contribution in [-0.4, -0.2) is 24.2 Å². The lowest BCUT2D eigenvalue weighted by molar-refractivity contribution is -0.129. The summed E-state index contributed by atoms with van der Waals surface area (Å²) in [5.74, 6) is 0.439. The maximum atomic E-state index is 12.4. The third-order valence-corrected chi connectivity index (χ3v) is 4.40.